The van der Waals surface area contributed by atoms with Crippen LogP contribution in [-0.2, 0) is 9.59 Å². The third-order valence-electron chi connectivity index (χ3n) is 3.04. The summed E-state index contributed by atoms with van der Waals surface area (Å²) in [5.41, 5.74) is -0.491. The summed E-state index contributed by atoms with van der Waals surface area (Å²) in [6.07, 6.45) is 2.70. The van der Waals surface area contributed by atoms with Gasteiger partial charge in [0.1, 0.15) is 5.41 Å². The van der Waals surface area contributed by atoms with Gasteiger partial charge in [0.25, 0.3) is 0 Å². The molecule has 4 amide bonds. The summed E-state index contributed by atoms with van der Waals surface area (Å²) in [5.74, 6) is -1.06. The van der Waals surface area contributed by atoms with Gasteiger partial charge in [-0.15, -0.1) is 0 Å². The molecule has 1 aliphatic heterocycles. The number of barbiturate groups is 1. The predicted octanol–water partition coefficient (Wildman–Crippen LogP) is 1.11. The number of hydrogen-bond acceptors (Lipinski definition) is 3. The SMILES string of the molecule is C/C=C(/CC)C1(CC)C(=O)NC(=O)NC1=O. The van der Waals surface area contributed by atoms with E-state index in [1.54, 1.807) is 19.9 Å². The second-order valence-electron chi connectivity index (χ2n) is 3.66. The fraction of sp³-hybridized carbons (Fsp3) is 0.545. The maximum absolute atomic E-state index is 11.9. The molecule has 0 aliphatic carbocycles. The van der Waals surface area contributed by atoms with Gasteiger partial charge in [-0.1, -0.05) is 19.9 Å². The van der Waals surface area contributed by atoms with Crippen LogP contribution in [0, 0.1) is 5.41 Å². The molecule has 1 rings (SSSR count). The van der Waals surface area contributed by atoms with Gasteiger partial charge >= 0.3 is 6.03 Å². The monoisotopic (exact) mass is 224 g/mol. The lowest BCUT2D eigenvalue weighted by Crippen LogP contribution is -2.62. The molecule has 5 heteroatoms. The molecule has 1 saturated heterocycles. The van der Waals surface area contributed by atoms with Crippen LogP contribution in [-0.4, -0.2) is 17.8 Å². The van der Waals surface area contributed by atoms with Gasteiger partial charge < -0.3 is 0 Å². The molecule has 1 aliphatic rings. The number of nitrogens with one attached hydrogen (secondary N) is 2. The molecule has 1 heterocycles. The lowest BCUT2D eigenvalue weighted by molar-refractivity contribution is -0.142. The standard InChI is InChI=1S/C11H16N2O3/c1-4-7(5-2)11(6-3)8(14)12-10(16)13-9(11)15/h4H,5-6H2,1-3H3,(H2,12,13,14,15,16)/b7-4-. The number of hydrogen-bond donors (Lipinski definition) is 2. The van der Waals surface area contributed by atoms with Crippen molar-refractivity contribution in [3.05, 3.63) is 11.6 Å². The second kappa shape index (κ2) is 4.47. The zero-order valence-corrected chi connectivity index (χ0v) is 9.72. The summed E-state index contributed by atoms with van der Waals surface area (Å²) < 4.78 is 0. The highest BCUT2D eigenvalue weighted by Crippen LogP contribution is 2.35. The molecule has 1 fully saturated rings. The van der Waals surface area contributed by atoms with Crippen LogP contribution in [0.5, 0.6) is 0 Å². The molecule has 0 aromatic rings. The summed E-state index contributed by atoms with van der Waals surface area (Å²) in [5, 5.41) is 4.30. The summed E-state index contributed by atoms with van der Waals surface area (Å²) in [7, 11) is 0. The minimum absolute atomic E-state index is 0.339. The second-order valence-corrected chi connectivity index (χ2v) is 3.66. The number of urea groups is 1. The van der Waals surface area contributed by atoms with E-state index in [4.69, 9.17) is 0 Å². The van der Waals surface area contributed by atoms with Gasteiger partial charge in [-0.2, -0.15) is 0 Å². The first-order valence-corrected chi connectivity index (χ1v) is 5.35. The maximum Gasteiger partial charge on any atom is 0.328 e. The van der Waals surface area contributed by atoms with E-state index in [0.717, 1.165) is 5.57 Å². The molecule has 0 aromatic heterocycles. The fourth-order valence-electron chi connectivity index (χ4n) is 2.15. The van der Waals surface area contributed by atoms with E-state index in [2.05, 4.69) is 10.6 Å². The molecule has 5 nitrogen and oxygen atoms in total. The summed E-state index contributed by atoms with van der Waals surface area (Å²) >= 11 is 0. The average molecular weight is 224 g/mol. The van der Waals surface area contributed by atoms with Crippen LogP contribution in [0.15, 0.2) is 11.6 Å². The van der Waals surface area contributed by atoms with Crippen molar-refractivity contribution in [3.8, 4) is 0 Å². The minimum atomic E-state index is -1.22. The quantitative estimate of drug-likeness (QED) is 0.557. The van der Waals surface area contributed by atoms with Crippen molar-refractivity contribution in [3.63, 3.8) is 0 Å². The smallest absolute Gasteiger partial charge is 0.277 e. The molecular formula is C11H16N2O3. The van der Waals surface area contributed by atoms with Crippen molar-refractivity contribution in [2.45, 2.75) is 33.6 Å². The summed E-state index contributed by atoms with van der Waals surface area (Å²) in [4.78, 5) is 34.8. The molecule has 88 valence electrons. The zero-order chi connectivity index (χ0) is 12.3. The van der Waals surface area contributed by atoms with E-state index in [-0.39, 0.29) is 0 Å². The molecule has 0 aromatic carbocycles. The Bertz CT molecular complexity index is 351. The Morgan fingerprint density at radius 3 is 2.00 bits per heavy atom. The van der Waals surface area contributed by atoms with Crippen LogP contribution >= 0.6 is 0 Å². The van der Waals surface area contributed by atoms with E-state index >= 15 is 0 Å². The highest BCUT2D eigenvalue weighted by atomic mass is 16.2. The number of carbonyl (C=O) groups is 3. The molecule has 0 saturated carbocycles. The molecule has 0 radical (unpaired) electrons. The van der Waals surface area contributed by atoms with Gasteiger partial charge in [0.2, 0.25) is 11.8 Å². The van der Waals surface area contributed by atoms with E-state index < -0.39 is 23.3 Å². The van der Waals surface area contributed by atoms with Gasteiger partial charge in [0.05, 0.1) is 0 Å². The maximum atomic E-state index is 11.9. The lowest BCUT2D eigenvalue weighted by atomic mass is 9.73. The van der Waals surface area contributed by atoms with Crippen molar-refractivity contribution in [1.29, 1.82) is 0 Å². The molecule has 0 unspecified atom stereocenters. The Morgan fingerprint density at radius 1 is 1.19 bits per heavy atom. The number of amides is 4. The van der Waals surface area contributed by atoms with Crippen molar-refractivity contribution < 1.29 is 14.4 Å². The van der Waals surface area contributed by atoms with Crippen LogP contribution < -0.4 is 10.6 Å². The highest BCUT2D eigenvalue weighted by Gasteiger charge is 2.50. The van der Waals surface area contributed by atoms with Gasteiger partial charge in [-0.05, 0) is 25.3 Å². The Morgan fingerprint density at radius 2 is 1.69 bits per heavy atom. The number of rotatable bonds is 3. The van der Waals surface area contributed by atoms with Gasteiger partial charge in [-0.25, -0.2) is 4.79 Å². The van der Waals surface area contributed by atoms with E-state index in [1.807, 2.05) is 6.92 Å². The third-order valence-corrected chi connectivity index (χ3v) is 3.04. The van der Waals surface area contributed by atoms with Crippen molar-refractivity contribution in [1.82, 2.24) is 10.6 Å². The largest absolute Gasteiger partial charge is 0.328 e. The first kappa shape index (κ1) is 12.4. The Hall–Kier alpha value is -1.65. The molecule has 16 heavy (non-hydrogen) atoms. The average Bonchev–Trinajstić information content (AvgIpc) is 2.23. The summed E-state index contributed by atoms with van der Waals surface area (Å²) in [6, 6.07) is -0.745. The Labute approximate surface area is 94.3 Å². The van der Waals surface area contributed by atoms with Gasteiger partial charge in [0, 0.05) is 0 Å². The summed E-state index contributed by atoms with van der Waals surface area (Å²) in [6.45, 7) is 5.42. The number of imide groups is 2. The highest BCUT2D eigenvalue weighted by molar-refractivity contribution is 6.21. The van der Waals surface area contributed by atoms with Crippen LogP contribution in [0.1, 0.15) is 33.6 Å². The normalized spacial score (nSPS) is 20.4. The number of allylic oxidation sites excluding steroid dienone is 1. The topological polar surface area (TPSA) is 75.3 Å². The van der Waals surface area contributed by atoms with E-state index in [1.165, 1.54) is 0 Å². The van der Waals surface area contributed by atoms with Crippen LogP contribution in [0.2, 0.25) is 0 Å². The molecular weight excluding hydrogens is 208 g/mol. The van der Waals surface area contributed by atoms with Gasteiger partial charge in [-0.3, -0.25) is 20.2 Å². The third kappa shape index (κ3) is 1.62. The first-order valence-electron chi connectivity index (χ1n) is 5.35. The lowest BCUT2D eigenvalue weighted by Gasteiger charge is -2.34. The van der Waals surface area contributed by atoms with Crippen molar-refractivity contribution in [2.75, 3.05) is 0 Å². The van der Waals surface area contributed by atoms with Crippen LogP contribution in [0.25, 0.3) is 0 Å². The fourth-order valence-corrected chi connectivity index (χ4v) is 2.15. The zero-order valence-electron chi connectivity index (χ0n) is 9.72. The molecule has 0 spiro atoms. The minimum Gasteiger partial charge on any atom is -0.277 e. The van der Waals surface area contributed by atoms with Crippen molar-refractivity contribution in [2.24, 2.45) is 5.41 Å². The Balaban J connectivity index is 3.25. The first-order chi connectivity index (χ1) is 7.52. The van der Waals surface area contributed by atoms with Gasteiger partial charge in [0.15, 0.2) is 0 Å². The molecule has 2 N–H and O–H groups in total. The van der Waals surface area contributed by atoms with Crippen LogP contribution in [0.3, 0.4) is 0 Å². The number of carbonyl (C=O) groups excluding carboxylic acids is 3. The molecule has 0 bridgehead atoms. The van der Waals surface area contributed by atoms with Crippen LogP contribution in [0.4, 0.5) is 4.79 Å². The predicted molar refractivity (Wildman–Crippen MR) is 58.5 cm³/mol. The van der Waals surface area contributed by atoms with E-state index in [0.29, 0.717) is 12.8 Å². The molecule has 0 atom stereocenters. The Kier molecular flexibility index (Phi) is 3.47. The van der Waals surface area contributed by atoms with Crippen molar-refractivity contribution >= 4 is 17.8 Å². The van der Waals surface area contributed by atoms with E-state index in [9.17, 15) is 14.4 Å².